The Morgan fingerprint density at radius 2 is 1.29 bits per heavy atom. The second-order valence-electron chi connectivity index (χ2n) is 10.3. The molecule has 0 amide bonds. The number of halogens is 6. The van der Waals surface area contributed by atoms with Gasteiger partial charge in [0.1, 0.15) is 5.75 Å². The molecule has 3 rings (SSSR count). The first-order chi connectivity index (χ1) is 18.8. The van der Waals surface area contributed by atoms with Crippen LogP contribution >= 0.6 is 37.2 Å². The summed E-state index contributed by atoms with van der Waals surface area (Å²) in [6.45, 7) is 8.32. The van der Waals surface area contributed by atoms with Gasteiger partial charge in [0.15, 0.2) is 5.96 Å². The van der Waals surface area contributed by atoms with Gasteiger partial charge in [-0.15, -0.1) is 37.2 Å². The molecular formula is C30H47Cl3F3N5O. The van der Waals surface area contributed by atoms with Gasteiger partial charge in [-0.1, -0.05) is 49.6 Å². The van der Waals surface area contributed by atoms with E-state index in [9.17, 15) is 13.2 Å². The van der Waals surface area contributed by atoms with Crippen LogP contribution in [-0.4, -0.2) is 73.1 Å². The molecule has 0 atom stereocenters. The molecule has 1 heterocycles. The van der Waals surface area contributed by atoms with Gasteiger partial charge in [0.2, 0.25) is 0 Å². The molecule has 6 nitrogen and oxygen atoms in total. The summed E-state index contributed by atoms with van der Waals surface area (Å²) in [4.78, 5) is 6.78. The van der Waals surface area contributed by atoms with Gasteiger partial charge < -0.3 is 25.2 Å². The van der Waals surface area contributed by atoms with Crippen molar-refractivity contribution in [1.29, 1.82) is 5.41 Å². The van der Waals surface area contributed by atoms with E-state index in [-0.39, 0.29) is 43.2 Å². The quantitative estimate of drug-likeness (QED) is 0.115. The highest BCUT2D eigenvalue weighted by Crippen LogP contribution is 2.29. The van der Waals surface area contributed by atoms with Crippen LogP contribution in [0.1, 0.15) is 56.1 Å². The lowest BCUT2D eigenvalue weighted by Gasteiger charge is -2.34. The Morgan fingerprint density at radius 1 is 0.762 bits per heavy atom. The van der Waals surface area contributed by atoms with Crippen molar-refractivity contribution < 1.29 is 17.9 Å². The maximum atomic E-state index is 12.8. The molecule has 0 unspecified atom stereocenters. The third-order valence-corrected chi connectivity index (χ3v) is 7.24. The lowest BCUT2D eigenvalue weighted by Crippen LogP contribution is -2.46. The van der Waals surface area contributed by atoms with E-state index in [1.807, 2.05) is 30.3 Å². The van der Waals surface area contributed by atoms with Gasteiger partial charge in [-0.25, -0.2) is 0 Å². The number of unbranched alkanes of at least 4 members (excludes halogenated alkanes) is 5. The highest BCUT2D eigenvalue weighted by molar-refractivity contribution is 5.86. The van der Waals surface area contributed by atoms with Gasteiger partial charge in [0, 0.05) is 39.3 Å². The van der Waals surface area contributed by atoms with Crippen molar-refractivity contribution in [2.75, 3.05) is 52.4 Å². The number of ether oxygens (including phenoxy) is 1. The number of benzene rings is 2. The summed E-state index contributed by atoms with van der Waals surface area (Å²) in [7, 11) is 0. The van der Waals surface area contributed by atoms with Crippen LogP contribution in [-0.2, 0) is 12.7 Å². The Hall–Kier alpha value is -1.91. The molecule has 1 fully saturated rings. The Labute approximate surface area is 267 Å². The molecule has 1 aliphatic rings. The summed E-state index contributed by atoms with van der Waals surface area (Å²) >= 11 is 0. The Morgan fingerprint density at radius 3 is 1.83 bits per heavy atom. The largest absolute Gasteiger partial charge is 0.494 e. The molecule has 0 radical (unpaired) electrons. The number of hydrogen-bond acceptors (Lipinski definition) is 4. The molecule has 0 saturated carbocycles. The van der Waals surface area contributed by atoms with Gasteiger partial charge in [0.25, 0.3) is 0 Å². The first-order valence-corrected chi connectivity index (χ1v) is 14.2. The number of hydrogen-bond donors (Lipinski definition) is 2. The molecule has 42 heavy (non-hydrogen) atoms. The van der Waals surface area contributed by atoms with Crippen molar-refractivity contribution in [2.45, 2.75) is 57.7 Å². The zero-order valence-corrected chi connectivity index (χ0v) is 26.6. The van der Waals surface area contributed by atoms with E-state index in [4.69, 9.17) is 15.9 Å². The van der Waals surface area contributed by atoms with Crippen LogP contribution in [0.3, 0.4) is 0 Å². The van der Waals surface area contributed by atoms with Crippen molar-refractivity contribution >= 4 is 43.2 Å². The number of nitrogens with one attached hydrogen (secondary N) is 1. The van der Waals surface area contributed by atoms with Gasteiger partial charge in [-0.2, -0.15) is 13.2 Å². The fourth-order valence-electron chi connectivity index (χ4n) is 4.85. The fourth-order valence-corrected chi connectivity index (χ4v) is 4.85. The third-order valence-electron chi connectivity index (χ3n) is 7.24. The normalized spacial score (nSPS) is 13.8. The van der Waals surface area contributed by atoms with Crippen molar-refractivity contribution in [3.63, 3.8) is 0 Å². The van der Waals surface area contributed by atoms with Crippen molar-refractivity contribution in [3.05, 3.63) is 65.7 Å². The zero-order chi connectivity index (χ0) is 27.9. The minimum absolute atomic E-state index is 0. The molecular weight excluding hydrogens is 610 g/mol. The first-order valence-electron chi connectivity index (χ1n) is 14.2. The highest BCUT2D eigenvalue weighted by atomic mass is 35.5. The SMILES string of the molecule is Cl.Cl.Cl.N=C(N)N(CCCCN1CCN(CCCCCCCOc2ccccc2)CC1)Cc1ccc(C(F)(F)F)cc1. The Bertz CT molecular complexity index is 963. The van der Waals surface area contributed by atoms with Crippen LogP contribution in [0.25, 0.3) is 0 Å². The lowest BCUT2D eigenvalue weighted by molar-refractivity contribution is -0.137. The summed E-state index contributed by atoms with van der Waals surface area (Å²) in [5.74, 6) is 0.899. The average molecular weight is 657 g/mol. The smallest absolute Gasteiger partial charge is 0.416 e. The van der Waals surface area contributed by atoms with Crippen LogP contribution in [0.15, 0.2) is 54.6 Å². The van der Waals surface area contributed by atoms with E-state index in [1.165, 1.54) is 44.4 Å². The van der Waals surface area contributed by atoms with Crippen LogP contribution in [0, 0.1) is 5.41 Å². The molecule has 1 saturated heterocycles. The van der Waals surface area contributed by atoms with Crippen molar-refractivity contribution in [1.82, 2.24) is 14.7 Å². The number of nitrogens with two attached hydrogens (primary N) is 1. The van der Waals surface area contributed by atoms with E-state index >= 15 is 0 Å². The Kier molecular flexibility index (Phi) is 20.7. The van der Waals surface area contributed by atoms with Crippen LogP contribution in [0.5, 0.6) is 5.75 Å². The van der Waals surface area contributed by atoms with E-state index < -0.39 is 11.7 Å². The summed E-state index contributed by atoms with van der Waals surface area (Å²) in [5.41, 5.74) is 5.78. The summed E-state index contributed by atoms with van der Waals surface area (Å²) in [6.07, 6.45) is 3.64. The number of guanidine groups is 1. The van der Waals surface area contributed by atoms with Crippen LogP contribution < -0.4 is 10.5 Å². The maximum absolute atomic E-state index is 12.8. The summed E-state index contributed by atoms with van der Waals surface area (Å²) in [5, 5.41) is 7.84. The first kappa shape index (κ1) is 40.1. The zero-order valence-electron chi connectivity index (χ0n) is 24.2. The molecule has 2 aromatic carbocycles. The molecule has 0 aliphatic carbocycles. The Balaban J connectivity index is 0.00000560. The van der Waals surface area contributed by atoms with Gasteiger partial charge in [-0.05, 0) is 68.6 Å². The molecule has 240 valence electrons. The van der Waals surface area contributed by atoms with Crippen molar-refractivity contribution in [3.8, 4) is 5.75 Å². The molecule has 12 heteroatoms. The predicted octanol–water partition coefficient (Wildman–Crippen LogP) is 7.09. The number of rotatable bonds is 16. The fraction of sp³-hybridized carbons (Fsp3) is 0.567. The average Bonchev–Trinajstić information content (AvgIpc) is 2.93. The van der Waals surface area contributed by atoms with Crippen LogP contribution in [0.4, 0.5) is 13.2 Å². The molecule has 0 bridgehead atoms. The minimum Gasteiger partial charge on any atom is -0.494 e. The predicted molar refractivity (Wildman–Crippen MR) is 173 cm³/mol. The number of alkyl halides is 3. The molecule has 2 aromatic rings. The second-order valence-corrected chi connectivity index (χ2v) is 10.3. The number of nitrogens with zero attached hydrogens (tertiary/aromatic N) is 3. The topological polar surface area (TPSA) is 68.8 Å². The lowest BCUT2D eigenvalue weighted by atomic mass is 10.1. The highest BCUT2D eigenvalue weighted by Gasteiger charge is 2.30. The third kappa shape index (κ3) is 15.5. The van der Waals surface area contributed by atoms with E-state index in [0.717, 1.165) is 76.5 Å². The van der Waals surface area contributed by atoms with E-state index in [0.29, 0.717) is 18.7 Å². The number of para-hydroxylation sites is 1. The van der Waals surface area contributed by atoms with Gasteiger partial charge in [-0.3, -0.25) is 5.41 Å². The van der Waals surface area contributed by atoms with E-state index in [2.05, 4.69) is 9.80 Å². The van der Waals surface area contributed by atoms with Gasteiger partial charge in [0.05, 0.1) is 12.2 Å². The standard InChI is InChI=1S/C30H44F3N5O.3ClH/c31-30(32,33)27-15-13-26(14-16-27)25-38(29(34)35)19-9-8-18-37-22-20-36(21-23-37)17-7-2-1-3-10-24-39-28-11-5-4-6-12-28;;;/h4-6,11-16H,1-3,7-10,17-25H2,(H3,34,35);3*1H. The van der Waals surface area contributed by atoms with Crippen LogP contribution in [0.2, 0.25) is 0 Å². The second kappa shape index (κ2) is 21.7. The van der Waals surface area contributed by atoms with E-state index in [1.54, 1.807) is 4.90 Å². The summed E-state index contributed by atoms with van der Waals surface area (Å²) in [6, 6.07) is 15.1. The minimum atomic E-state index is -4.34. The molecule has 1 aliphatic heterocycles. The molecule has 0 aromatic heterocycles. The number of piperazine rings is 1. The monoisotopic (exact) mass is 655 g/mol. The molecule has 3 N–H and O–H groups in total. The van der Waals surface area contributed by atoms with Crippen molar-refractivity contribution in [2.24, 2.45) is 5.73 Å². The van der Waals surface area contributed by atoms with Gasteiger partial charge >= 0.3 is 6.18 Å². The maximum Gasteiger partial charge on any atom is 0.416 e. The summed E-state index contributed by atoms with van der Waals surface area (Å²) < 4.78 is 44.1. The molecule has 0 spiro atoms.